The average molecular weight is 362 g/mol. The van der Waals surface area contributed by atoms with Gasteiger partial charge in [0, 0.05) is 0 Å². The Morgan fingerprint density at radius 1 is 1.12 bits per heavy atom. The highest BCUT2D eigenvalue weighted by Crippen LogP contribution is 2.36. The van der Waals surface area contributed by atoms with Crippen molar-refractivity contribution in [2.75, 3.05) is 13.7 Å². The summed E-state index contributed by atoms with van der Waals surface area (Å²) in [5.41, 5.74) is 1.26. The van der Waals surface area contributed by atoms with Crippen molar-refractivity contribution in [3.05, 3.63) is 41.5 Å². The highest BCUT2D eigenvalue weighted by atomic mass is 16.8. The molecular weight excluding hydrogens is 336 g/mol. The zero-order valence-corrected chi connectivity index (χ0v) is 15.9. The fourth-order valence-electron chi connectivity index (χ4n) is 3.27. The fourth-order valence-corrected chi connectivity index (χ4v) is 3.27. The molecule has 2 fully saturated rings. The van der Waals surface area contributed by atoms with Crippen molar-refractivity contribution in [3.8, 4) is 0 Å². The Bertz CT molecular complexity index is 693. The van der Waals surface area contributed by atoms with Crippen molar-refractivity contribution in [3.63, 3.8) is 0 Å². The molecule has 142 valence electrons. The van der Waals surface area contributed by atoms with E-state index in [1.165, 1.54) is 7.11 Å². The molecule has 6 heteroatoms. The number of hydrogen-bond acceptors (Lipinski definition) is 6. The molecule has 2 aliphatic rings. The van der Waals surface area contributed by atoms with Gasteiger partial charge in [0.1, 0.15) is 18.3 Å². The van der Waals surface area contributed by atoms with E-state index in [0.29, 0.717) is 12.2 Å². The van der Waals surface area contributed by atoms with Crippen molar-refractivity contribution in [2.45, 2.75) is 57.6 Å². The molecule has 0 N–H and O–H groups in total. The summed E-state index contributed by atoms with van der Waals surface area (Å²) in [5, 5.41) is 0. The van der Waals surface area contributed by atoms with E-state index >= 15 is 0 Å². The van der Waals surface area contributed by atoms with Crippen molar-refractivity contribution in [1.82, 2.24) is 0 Å². The lowest BCUT2D eigenvalue weighted by Crippen LogP contribution is -2.37. The summed E-state index contributed by atoms with van der Waals surface area (Å²) in [5.74, 6) is -1.73. The van der Waals surface area contributed by atoms with Gasteiger partial charge in [0.25, 0.3) is 0 Å². The van der Waals surface area contributed by atoms with E-state index in [-0.39, 0.29) is 24.3 Å². The molecule has 0 amide bonds. The lowest BCUT2D eigenvalue weighted by Gasteiger charge is -2.22. The first-order chi connectivity index (χ1) is 12.2. The Hall–Kier alpha value is -1.73. The van der Waals surface area contributed by atoms with Gasteiger partial charge in [0.05, 0.1) is 19.3 Å². The number of hydrogen-bond donors (Lipinski definition) is 0. The molecule has 2 heterocycles. The van der Waals surface area contributed by atoms with E-state index in [9.17, 15) is 4.79 Å². The van der Waals surface area contributed by atoms with E-state index in [2.05, 4.69) is 0 Å². The SMILES string of the molecule is COC(=O)c1ccccc1/C=C\[C@H]1OC(C)(C)O[C@@H]1[C@H]1COC(C)(C)O1. The molecule has 0 aromatic heterocycles. The van der Waals surface area contributed by atoms with E-state index in [1.54, 1.807) is 12.1 Å². The second kappa shape index (κ2) is 7.12. The van der Waals surface area contributed by atoms with Gasteiger partial charge in [-0.25, -0.2) is 4.79 Å². The van der Waals surface area contributed by atoms with E-state index in [4.69, 9.17) is 23.7 Å². The number of ether oxygens (including phenoxy) is 5. The number of methoxy groups -OCH3 is 1. The molecule has 26 heavy (non-hydrogen) atoms. The number of rotatable bonds is 4. The third-order valence-electron chi connectivity index (χ3n) is 4.39. The van der Waals surface area contributed by atoms with Crippen LogP contribution in [0.5, 0.6) is 0 Å². The molecular formula is C20H26O6. The summed E-state index contributed by atoms with van der Waals surface area (Å²) in [7, 11) is 1.37. The van der Waals surface area contributed by atoms with Crippen LogP contribution in [-0.4, -0.2) is 49.6 Å². The monoisotopic (exact) mass is 362 g/mol. The molecule has 3 atom stereocenters. The Labute approximate surface area is 154 Å². The first-order valence-electron chi connectivity index (χ1n) is 8.74. The Balaban J connectivity index is 1.81. The van der Waals surface area contributed by atoms with Crippen LogP contribution in [-0.2, 0) is 23.7 Å². The van der Waals surface area contributed by atoms with E-state index in [0.717, 1.165) is 5.56 Å². The fraction of sp³-hybridized carbons (Fsp3) is 0.550. The summed E-state index contributed by atoms with van der Waals surface area (Å²) >= 11 is 0. The molecule has 0 radical (unpaired) electrons. The van der Waals surface area contributed by atoms with Gasteiger partial charge in [-0.1, -0.05) is 30.4 Å². The lowest BCUT2D eigenvalue weighted by atomic mass is 10.0. The minimum atomic E-state index is -0.725. The minimum absolute atomic E-state index is 0.225. The summed E-state index contributed by atoms with van der Waals surface area (Å²) in [6.07, 6.45) is 2.91. The van der Waals surface area contributed by atoms with Gasteiger partial charge in [-0.15, -0.1) is 0 Å². The van der Waals surface area contributed by atoms with Crippen LogP contribution in [0.2, 0.25) is 0 Å². The molecule has 1 aromatic rings. The topological polar surface area (TPSA) is 63.2 Å². The number of benzene rings is 1. The molecule has 2 saturated heterocycles. The van der Waals surface area contributed by atoms with Crippen LogP contribution in [0.3, 0.4) is 0 Å². The zero-order valence-electron chi connectivity index (χ0n) is 15.9. The zero-order chi connectivity index (χ0) is 18.9. The maximum atomic E-state index is 11.9. The molecule has 0 spiro atoms. The number of esters is 1. The van der Waals surface area contributed by atoms with Crippen LogP contribution < -0.4 is 0 Å². The number of carbonyl (C=O) groups is 1. The van der Waals surface area contributed by atoms with Crippen LogP contribution in [0, 0.1) is 0 Å². The molecule has 0 aliphatic carbocycles. The molecule has 0 unspecified atom stereocenters. The lowest BCUT2D eigenvalue weighted by molar-refractivity contribution is -0.174. The second-order valence-electron chi connectivity index (χ2n) is 7.37. The van der Waals surface area contributed by atoms with Crippen molar-refractivity contribution in [1.29, 1.82) is 0 Å². The van der Waals surface area contributed by atoms with Gasteiger partial charge in [-0.05, 0) is 39.3 Å². The summed E-state index contributed by atoms with van der Waals surface area (Å²) < 4.78 is 28.5. The van der Waals surface area contributed by atoms with Crippen LogP contribution in [0.15, 0.2) is 30.3 Å². The third kappa shape index (κ3) is 4.15. The van der Waals surface area contributed by atoms with E-state index < -0.39 is 11.6 Å². The Morgan fingerprint density at radius 2 is 1.85 bits per heavy atom. The quantitative estimate of drug-likeness (QED) is 0.767. The predicted molar refractivity (Wildman–Crippen MR) is 95.5 cm³/mol. The first-order valence-corrected chi connectivity index (χ1v) is 8.74. The molecule has 6 nitrogen and oxygen atoms in total. The maximum Gasteiger partial charge on any atom is 0.338 e. The van der Waals surface area contributed by atoms with E-state index in [1.807, 2.05) is 52.0 Å². The van der Waals surface area contributed by atoms with Crippen molar-refractivity contribution >= 4 is 12.0 Å². The van der Waals surface area contributed by atoms with Gasteiger partial charge in [0.15, 0.2) is 11.6 Å². The molecule has 0 saturated carbocycles. The molecule has 2 aliphatic heterocycles. The van der Waals surface area contributed by atoms with Gasteiger partial charge in [-0.2, -0.15) is 0 Å². The van der Waals surface area contributed by atoms with Crippen LogP contribution in [0.4, 0.5) is 0 Å². The molecule has 1 aromatic carbocycles. The van der Waals surface area contributed by atoms with Crippen LogP contribution in [0.25, 0.3) is 6.08 Å². The molecule has 3 rings (SSSR count). The summed E-state index contributed by atoms with van der Waals surface area (Å²) in [6.45, 7) is 7.95. The highest BCUT2D eigenvalue weighted by molar-refractivity contribution is 5.93. The highest BCUT2D eigenvalue weighted by Gasteiger charge is 2.48. The van der Waals surface area contributed by atoms with Crippen molar-refractivity contribution in [2.24, 2.45) is 0 Å². The van der Waals surface area contributed by atoms with Crippen LogP contribution in [0.1, 0.15) is 43.6 Å². The molecule has 0 bridgehead atoms. The largest absolute Gasteiger partial charge is 0.465 e. The van der Waals surface area contributed by atoms with Gasteiger partial charge in [0.2, 0.25) is 0 Å². The minimum Gasteiger partial charge on any atom is -0.465 e. The summed E-state index contributed by atoms with van der Waals surface area (Å²) in [6, 6.07) is 7.26. The predicted octanol–water partition coefficient (Wildman–Crippen LogP) is 3.16. The second-order valence-corrected chi connectivity index (χ2v) is 7.37. The van der Waals surface area contributed by atoms with Crippen molar-refractivity contribution < 1.29 is 28.5 Å². The normalized spacial score (nSPS) is 30.0. The Kier molecular flexibility index (Phi) is 5.21. The van der Waals surface area contributed by atoms with Gasteiger partial charge >= 0.3 is 5.97 Å². The third-order valence-corrected chi connectivity index (χ3v) is 4.39. The van der Waals surface area contributed by atoms with Gasteiger partial charge in [-0.3, -0.25) is 0 Å². The average Bonchev–Trinajstić information content (AvgIpc) is 3.10. The smallest absolute Gasteiger partial charge is 0.338 e. The number of carbonyl (C=O) groups excluding carboxylic acids is 1. The Morgan fingerprint density at radius 3 is 2.50 bits per heavy atom. The summed E-state index contributed by atoms with van der Waals surface area (Å²) in [4.78, 5) is 11.9. The van der Waals surface area contributed by atoms with Crippen LogP contribution >= 0.6 is 0 Å². The first kappa shape index (κ1) is 19.0. The standard InChI is InChI=1S/C20H26O6/c1-19(2)23-12-16(25-19)17-15(24-20(3,4)26-17)11-10-13-8-6-7-9-14(13)18(21)22-5/h6-11,15-17H,12H2,1-5H3/b11-10-/t15-,16-,17+/m1/s1. The van der Waals surface area contributed by atoms with Gasteiger partial charge < -0.3 is 23.7 Å². The maximum absolute atomic E-state index is 11.9.